The van der Waals surface area contributed by atoms with Gasteiger partial charge in [0.25, 0.3) is 0 Å². The van der Waals surface area contributed by atoms with Gasteiger partial charge >= 0.3 is 12.3 Å². The van der Waals surface area contributed by atoms with Crippen molar-refractivity contribution in [2.45, 2.75) is 25.6 Å². The zero-order chi connectivity index (χ0) is 13.1. The molecule has 0 spiro atoms. The number of rotatable bonds is 2. The van der Waals surface area contributed by atoms with Gasteiger partial charge in [0.2, 0.25) is 5.91 Å². The summed E-state index contributed by atoms with van der Waals surface area (Å²) in [6, 6.07) is -0.217. The van der Waals surface area contributed by atoms with Crippen molar-refractivity contribution in [3.8, 4) is 0 Å². The monoisotopic (exact) mass is 254 g/mol. The molecule has 0 aromatic carbocycles. The summed E-state index contributed by atoms with van der Waals surface area (Å²) in [6.07, 6.45) is -5.01. The Bertz CT molecular complexity index is 306. The molecule has 2 amide bonds. The molecule has 0 aromatic heterocycles. The summed E-state index contributed by atoms with van der Waals surface area (Å²) >= 11 is 0. The Morgan fingerprint density at radius 1 is 1.47 bits per heavy atom. The number of alkyl halides is 3. The van der Waals surface area contributed by atoms with E-state index in [-0.39, 0.29) is 25.0 Å². The molecule has 1 unspecified atom stereocenters. The van der Waals surface area contributed by atoms with Crippen molar-refractivity contribution in [1.82, 2.24) is 10.2 Å². The summed E-state index contributed by atoms with van der Waals surface area (Å²) in [5, 5.41) is 2.59. The molecule has 1 aliphatic heterocycles. The second-order valence-corrected chi connectivity index (χ2v) is 3.80. The van der Waals surface area contributed by atoms with Crippen molar-refractivity contribution >= 4 is 12.0 Å². The highest BCUT2D eigenvalue weighted by atomic mass is 19.4. The van der Waals surface area contributed by atoms with Crippen molar-refractivity contribution < 1.29 is 27.5 Å². The van der Waals surface area contributed by atoms with Crippen LogP contribution in [0, 0.1) is 0 Å². The van der Waals surface area contributed by atoms with Crippen molar-refractivity contribution in [3.05, 3.63) is 0 Å². The highest BCUT2D eigenvalue weighted by Crippen LogP contribution is 2.16. The highest BCUT2D eigenvalue weighted by molar-refractivity contribution is 5.73. The van der Waals surface area contributed by atoms with Gasteiger partial charge in [-0.1, -0.05) is 0 Å². The summed E-state index contributed by atoms with van der Waals surface area (Å²) in [5.41, 5.74) is 0. The fourth-order valence-corrected chi connectivity index (χ4v) is 1.57. The fraction of sp³-hybridized carbons (Fsp3) is 0.778. The van der Waals surface area contributed by atoms with E-state index < -0.39 is 18.9 Å². The molecular weight excluding hydrogens is 241 g/mol. The maximum absolute atomic E-state index is 11.8. The molecular formula is C9H13F3N2O3. The Balaban J connectivity index is 2.33. The molecule has 1 fully saturated rings. The van der Waals surface area contributed by atoms with Crippen LogP contribution >= 0.6 is 0 Å². The topological polar surface area (TPSA) is 58.6 Å². The Kier molecular flexibility index (Phi) is 4.19. The summed E-state index contributed by atoms with van der Waals surface area (Å²) in [5.74, 6) is -0.236. The van der Waals surface area contributed by atoms with E-state index >= 15 is 0 Å². The third kappa shape index (κ3) is 4.92. The smallest absolute Gasteiger partial charge is 0.422 e. The first-order valence-corrected chi connectivity index (χ1v) is 5.03. The Hall–Kier alpha value is -1.47. The number of nitrogens with zero attached hydrogens (tertiary/aromatic N) is 1. The molecule has 1 atom stereocenters. The zero-order valence-corrected chi connectivity index (χ0v) is 9.21. The minimum absolute atomic E-state index is 0.177. The molecule has 5 nitrogen and oxygen atoms in total. The average Bonchev–Trinajstić information content (AvgIpc) is 2.60. The van der Waals surface area contributed by atoms with Crippen LogP contribution in [0.1, 0.15) is 13.3 Å². The lowest BCUT2D eigenvalue weighted by molar-refractivity contribution is -0.162. The van der Waals surface area contributed by atoms with Gasteiger partial charge in [-0.2, -0.15) is 13.2 Å². The van der Waals surface area contributed by atoms with Crippen LogP contribution in [-0.4, -0.2) is 48.8 Å². The van der Waals surface area contributed by atoms with Gasteiger partial charge in [-0.25, -0.2) is 4.79 Å². The summed E-state index contributed by atoms with van der Waals surface area (Å²) < 4.78 is 39.5. The van der Waals surface area contributed by atoms with E-state index in [0.29, 0.717) is 6.42 Å². The fourth-order valence-electron chi connectivity index (χ4n) is 1.57. The van der Waals surface area contributed by atoms with Crippen LogP contribution in [0.15, 0.2) is 0 Å². The van der Waals surface area contributed by atoms with Gasteiger partial charge in [-0.05, 0) is 6.42 Å². The van der Waals surface area contributed by atoms with Gasteiger partial charge in [-0.3, -0.25) is 4.79 Å². The van der Waals surface area contributed by atoms with Crippen LogP contribution in [0.3, 0.4) is 0 Å². The van der Waals surface area contributed by atoms with Crippen LogP contribution < -0.4 is 5.32 Å². The first-order valence-electron chi connectivity index (χ1n) is 5.03. The number of hydrogen-bond acceptors (Lipinski definition) is 3. The van der Waals surface area contributed by atoms with Crippen LogP contribution in [0.25, 0.3) is 0 Å². The quantitative estimate of drug-likeness (QED) is 0.796. The Morgan fingerprint density at radius 3 is 2.65 bits per heavy atom. The molecule has 1 saturated heterocycles. The molecule has 1 aliphatic rings. The average molecular weight is 254 g/mol. The number of amides is 2. The van der Waals surface area contributed by atoms with Crippen LogP contribution in [0.2, 0.25) is 0 Å². The molecule has 0 saturated carbocycles. The second kappa shape index (κ2) is 5.24. The van der Waals surface area contributed by atoms with Gasteiger partial charge in [0, 0.05) is 26.1 Å². The molecule has 0 bridgehead atoms. The van der Waals surface area contributed by atoms with Gasteiger partial charge in [0.15, 0.2) is 6.61 Å². The van der Waals surface area contributed by atoms with Gasteiger partial charge in [0.1, 0.15) is 0 Å². The minimum atomic E-state index is -4.52. The van der Waals surface area contributed by atoms with E-state index in [4.69, 9.17) is 0 Å². The highest BCUT2D eigenvalue weighted by Gasteiger charge is 2.33. The van der Waals surface area contributed by atoms with Crippen LogP contribution in [-0.2, 0) is 9.53 Å². The number of likely N-dealkylation sites (tertiary alicyclic amines) is 1. The predicted molar refractivity (Wildman–Crippen MR) is 51.2 cm³/mol. The molecule has 1 rings (SSSR count). The van der Waals surface area contributed by atoms with Crippen LogP contribution in [0.5, 0.6) is 0 Å². The lowest BCUT2D eigenvalue weighted by atomic mass is 10.3. The van der Waals surface area contributed by atoms with E-state index in [0.717, 1.165) is 4.90 Å². The SMILES string of the molecule is CC(=O)NC1CCN(C(=O)OCC(F)(F)F)C1. The Labute approximate surface area is 95.9 Å². The molecule has 0 aliphatic carbocycles. The van der Waals surface area contributed by atoms with Crippen LogP contribution in [0.4, 0.5) is 18.0 Å². The molecule has 0 aromatic rings. The van der Waals surface area contributed by atoms with E-state index in [1.54, 1.807) is 0 Å². The predicted octanol–water partition coefficient (Wildman–Crippen LogP) is 0.896. The van der Waals surface area contributed by atoms with Crippen molar-refractivity contribution in [1.29, 1.82) is 0 Å². The number of nitrogens with one attached hydrogen (secondary N) is 1. The lowest BCUT2D eigenvalue weighted by Crippen LogP contribution is -2.38. The number of carbonyl (C=O) groups is 2. The minimum Gasteiger partial charge on any atom is -0.440 e. The number of hydrogen-bond donors (Lipinski definition) is 1. The van der Waals surface area contributed by atoms with Crippen molar-refractivity contribution in [2.75, 3.05) is 19.7 Å². The van der Waals surface area contributed by atoms with Gasteiger partial charge in [0.05, 0.1) is 0 Å². The first kappa shape index (κ1) is 13.6. The second-order valence-electron chi connectivity index (χ2n) is 3.80. The third-order valence-corrected chi connectivity index (χ3v) is 2.21. The number of ether oxygens (including phenoxy) is 1. The van der Waals surface area contributed by atoms with Gasteiger partial charge in [-0.15, -0.1) is 0 Å². The summed E-state index contributed by atoms with van der Waals surface area (Å²) in [7, 11) is 0. The van der Waals surface area contributed by atoms with E-state index in [9.17, 15) is 22.8 Å². The molecule has 17 heavy (non-hydrogen) atoms. The van der Waals surface area contributed by atoms with Crippen molar-refractivity contribution in [3.63, 3.8) is 0 Å². The first-order chi connectivity index (χ1) is 7.78. The number of halogens is 3. The maximum Gasteiger partial charge on any atom is 0.422 e. The Morgan fingerprint density at radius 2 is 2.12 bits per heavy atom. The molecule has 98 valence electrons. The standard InChI is InChI=1S/C9H13F3N2O3/c1-6(15)13-7-2-3-14(4-7)8(16)17-5-9(10,11)12/h7H,2-5H2,1H3,(H,13,15). The summed E-state index contributed by atoms with van der Waals surface area (Å²) in [4.78, 5) is 23.1. The van der Waals surface area contributed by atoms with E-state index in [2.05, 4.69) is 10.1 Å². The normalized spacial score (nSPS) is 20.2. The van der Waals surface area contributed by atoms with E-state index in [1.165, 1.54) is 6.92 Å². The summed E-state index contributed by atoms with van der Waals surface area (Å²) in [6.45, 7) is 0.204. The van der Waals surface area contributed by atoms with Crippen molar-refractivity contribution in [2.24, 2.45) is 0 Å². The molecule has 8 heteroatoms. The third-order valence-electron chi connectivity index (χ3n) is 2.21. The molecule has 1 N–H and O–H groups in total. The zero-order valence-electron chi connectivity index (χ0n) is 9.21. The van der Waals surface area contributed by atoms with E-state index in [1.807, 2.05) is 0 Å². The lowest BCUT2D eigenvalue weighted by Gasteiger charge is -2.17. The maximum atomic E-state index is 11.8. The number of carbonyl (C=O) groups excluding carboxylic acids is 2. The molecule has 1 heterocycles. The largest absolute Gasteiger partial charge is 0.440 e. The van der Waals surface area contributed by atoms with Gasteiger partial charge < -0.3 is 15.0 Å². The molecule has 0 radical (unpaired) electrons.